The van der Waals surface area contributed by atoms with Crippen LogP contribution in [0.1, 0.15) is 51.1 Å². The van der Waals surface area contributed by atoms with Crippen LogP contribution in [-0.4, -0.2) is 21.0 Å². The Hall–Kier alpha value is -1.35. The third-order valence-corrected chi connectivity index (χ3v) is 4.88. The molecular weight excluding hydrogens is 260 g/mol. The number of aryl methyl sites for hydroxylation is 1. The lowest BCUT2D eigenvalue weighted by molar-refractivity contribution is 0.0978. The van der Waals surface area contributed by atoms with Crippen molar-refractivity contribution in [2.24, 2.45) is 5.92 Å². The number of aliphatic hydroxyl groups excluding tert-OH is 1. The van der Waals surface area contributed by atoms with E-state index < -0.39 is 0 Å². The molecule has 3 rings (SSSR count). The van der Waals surface area contributed by atoms with Crippen LogP contribution in [0.3, 0.4) is 0 Å². The molecule has 0 radical (unpaired) electrons. The number of rotatable bonds is 4. The fraction of sp³-hybridized carbons (Fsp3) is 0.611. The predicted octanol–water partition coefficient (Wildman–Crippen LogP) is 3.93. The molecule has 1 aliphatic carbocycles. The summed E-state index contributed by atoms with van der Waals surface area (Å²) in [5.74, 6) is 0.457. The highest BCUT2D eigenvalue weighted by molar-refractivity contribution is 5.82. The van der Waals surface area contributed by atoms with Crippen molar-refractivity contribution in [2.75, 3.05) is 0 Å². The first-order chi connectivity index (χ1) is 10.3. The van der Waals surface area contributed by atoms with Crippen LogP contribution in [0.4, 0.5) is 0 Å². The average molecular weight is 286 g/mol. The Kier molecular flexibility index (Phi) is 4.59. The van der Waals surface area contributed by atoms with Gasteiger partial charge in [-0.25, -0.2) is 0 Å². The summed E-state index contributed by atoms with van der Waals surface area (Å²) in [5.41, 5.74) is 2.24. The van der Waals surface area contributed by atoms with E-state index in [9.17, 15) is 5.11 Å². The number of hydrogen-bond donors (Lipinski definition) is 1. The Morgan fingerprint density at radius 1 is 1.19 bits per heavy atom. The van der Waals surface area contributed by atoms with E-state index >= 15 is 0 Å². The molecule has 114 valence electrons. The van der Waals surface area contributed by atoms with E-state index in [0.717, 1.165) is 12.2 Å². The summed E-state index contributed by atoms with van der Waals surface area (Å²) >= 11 is 0. The van der Waals surface area contributed by atoms with Crippen LogP contribution in [0.2, 0.25) is 0 Å². The molecule has 0 aliphatic heterocycles. The van der Waals surface area contributed by atoms with Crippen LogP contribution in [-0.2, 0) is 13.0 Å². The van der Waals surface area contributed by atoms with E-state index in [1.54, 1.807) is 0 Å². The standard InChI is InChI=1S/C18H26N2O/c1-2-20-17-12-8-7-11-15(17)16(19-20)13-18(21)14-9-5-3-4-6-10-14/h7-8,11-12,14,18,21H,2-6,9-10,13H2,1H3. The Balaban J connectivity index is 1.80. The second kappa shape index (κ2) is 6.61. The van der Waals surface area contributed by atoms with Gasteiger partial charge in [0, 0.05) is 18.4 Å². The normalized spacial score (nSPS) is 18.8. The van der Waals surface area contributed by atoms with Crippen molar-refractivity contribution in [1.82, 2.24) is 9.78 Å². The largest absolute Gasteiger partial charge is 0.392 e. The Bertz CT molecular complexity index is 582. The Morgan fingerprint density at radius 2 is 1.90 bits per heavy atom. The molecule has 3 heteroatoms. The number of benzene rings is 1. The predicted molar refractivity (Wildman–Crippen MR) is 86.3 cm³/mol. The smallest absolute Gasteiger partial charge is 0.0729 e. The van der Waals surface area contributed by atoms with Crippen LogP contribution in [0.15, 0.2) is 24.3 Å². The molecule has 0 bridgehead atoms. The zero-order chi connectivity index (χ0) is 14.7. The quantitative estimate of drug-likeness (QED) is 0.865. The summed E-state index contributed by atoms with van der Waals surface area (Å²) in [4.78, 5) is 0. The SMILES string of the molecule is CCn1nc(CC(O)C2CCCCCC2)c2ccccc21. The lowest BCUT2D eigenvalue weighted by Crippen LogP contribution is -2.23. The number of aromatic nitrogens is 2. The van der Waals surface area contributed by atoms with Gasteiger partial charge in [-0.1, -0.05) is 43.9 Å². The van der Waals surface area contributed by atoms with Gasteiger partial charge in [0.15, 0.2) is 0 Å². The first-order valence-electron chi connectivity index (χ1n) is 8.42. The third kappa shape index (κ3) is 3.13. The third-order valence-electron chi connectivity index (χ3n) is 4.88. The molecule has 1 saturated carbocycles. The van der Waals surface area contributed by atoms with Crippen molar-refractivity contribution in [2.45, 2.75) is 64.5 Å². The van der Waals surface area contributed by atoms with E-state index in [2.05, 4.69) is 31.2 Å². The van der Waals surface area contributed by atoms with Gasteiger partial charge in [-0.3, -0.25) is 4.68 Å². The molecule has 1 unspecified atom stereocenters. The van der Waals surface area contributed by atoms with E-state index in [-0.39, 0.29) is 6.10 Å². The number of para-hydroxylation sites is 1. The Morgan fingerprint density at radius 3 is 2.62 bits per heavy atom. The van der Waals surface area contributed by atoms with Gasteiger partial charge in [0.1, 0.15) is 0 Å². The molecule has 21 heavy (non-hydrogen) atoms. The molecule has 0 saturated heterocycles. The fourth-order valence-electron chi connectivity index (χ4n) is 3.65. The van der Waals surface area contributed by atoms with Gasteiger partial charge in [0.25, 0.3) is 0 Å². The van der Waals surface area contributed by atoms with Gasteiger partial charge in [-0.2, -0.15) is 5.10 Å². The van der Waals surface area contributed by atoms with Crippen molar-refractivity contribution in [3.8, 4) is 0 Å². The molecule has 1 aliphatic rings. The molecule has 1 aromatic carbocycles. The zero-order valence-electron chi connectivity index (χ0n) is 13.0. The van der Waals surface area contributed by atoms with Crippen molar-refractivity contribution >= 4 is 10.9 Å². The highest BCUT2D eigenvalue weighted by atomic mass is 16.3. The lowest BCUT2D eigenvalue weighted by Gasteiger charge is -2.20. The highest BCUT2D eigenvalue weighted by Gasteiger charge is 2.23. The fourth-order valence-corrected chi connectivity index (χ4v) is 3.65. The summed E-state index contributed by atoms with van der Waals surface area (Å²) in [5, 5.41) is 16.6. The van der Waals surface area contributed by atoms with Gasteiger partial charge in [-0.15, -0.1) is 0 Å². The van der Waals surface area contributed by atoms with Gasteiger partial charge in [0.2, 0.25) is 0 Å². The second-order valence-electron chi connectivity index (χ2n) is 6.30. The number of aliphatic hydroxyl groups is 1. The molecule has 1 atom stereocenters. The molecule has 3 nitrogen and oxygen atoms in total. The summed E-state index contributed by atoms with van der Waals surface area (Å²) < 4.78 is 2.05. The minimum Gasteiger partial charge on any atom is -0.392 e. The minimum absolute atomic E-state index is 0.244. The van der Waals surface area contributed by atoms with E-state index in [4.69, 9.17) is 5.10 Å². The average Bonchev–Trinajstić information content (AvgIpc) is 2.69. The van der Waals surface area contributed by atoms with Crippen LogP contribution >= 0.6 is 0 Å². The number of fused-ring (bicyclic) bond motifs is 1. The van der Waals surface area contributed by atoms with Crippen LogP contribution < -0.4 is 0 Å². The molecular formula is C18H26N2O. The van der Waals surface area contributed by atoms with Gasteiger partial charge < -0.3 is 5.11 Å². The lowest BCUT2D eigenvalue weighted by atomic mass is 9.91. The monoisotopic (exact) mass is 286 g/mol. The van der Waals surface area contributed by atoms with Crippen molar-refractivity contribution in [3.63, 3.8) is 0 Å². The number of nitrogens with zero attached hydrogens (tertiary/aromatic N) is 2. The van der Waals surface area contributed by atoms with Crippen molar-refractivity contribution < 1.29 is 5.11 Å². The van der Waals surface area contributed by atoms with E-state index in [1.165, 1.54) is 49.4 Å². The molecule has 1 heterocycles. The van der Waals surface area contributed by atoms with Crippen molar-refractivity contribution in [3.05, 3.63) is 30.0 Å². The summed E-state index contributed by atoms with van der Waals surface area (Å²) in [6.45, 7) is 2.99. The van der Waals surface area contributed by atoms with Crippen LogP contribution in [0.5, 0.6) is 0 Å². The first-order valence-corrected chi connectivity index (χ1v) is 8.42. The summed E-state index contributed by atoms with van der Waals surface area (Å²) in [7, 11) is 0. The van der Waals surface area contributed by atoms with Gasteiger partial charge in [0.05, 0.1) is 17.3 Å². The topological polar surface area (TPSA) is 38.0 Å². The molecule has 0 spiro atoms. The summed E-state index contributed by atoms with van der Waals surface area (Å²) in [6.07, 6.45) is 8.00. The minimum atomic E-state index is -0.244. The molecule has 1 fully saturated rings. The number of hydrogen-bond acceptors (Lipinski definition) is 2. The maximum absolute atomic E-state index is 10.6. The zero-order valence-corrected chi connectivity index (χ0v) is 13.0. The molecule has 2 aromatic rings. The summed E-state index contributed by atoms with van der Waals surface area (Å²) in [6, 6.07) is 8.37. The maximum Gasteiger partial charge on any atom is 0.0729 e. The van der Waals surface area contributed by atoms with Crippen LogP contribution in [0.25, 0.3) is 10.9 Å². The molecule has 1 N–H and O–H groups in total. The van der Waals surface area contributed by atoms with Crippen molar-refractivity contribution in [1.29, 1.82) is 0 Å². The van der Waals surface area contributed by atoms with E-state index in [1.807, 2.05) is 4.68 Å². The Labute approximate surface area is 127 Å². The first kappa shape index (κ1) is 14.6. The second-order valence-corrected chi connectivity index (χ2v) is 6.30. The maximum atomic E-state index is 10.6. The van der Waals surface area contributed by atoms with Crippen LogP contribution in [0, 0.1) is 5.92 Å². The molecule has 0 amide bonds. The molecule has 1 aromatic heterocycles. The van der Waals surface area contributed by atoms with Gasteiger partial charge in [-0.05, 0) is 31.7 Å². The highest BCUT2D eigenvalue weighted by Crippen LogP contribution is 2.28. The van der Waals surface area contributed by atoms with E-state index in [0.29, 0.717) is 12.3 Å². The van der Waals surface area contributed by atoms with Gasteiger partial charge >= 0.3 is 0 Å².